The van der Waals surface area contributed by atoms with Gasteiger partial charge in [-0.15, -0.1) is 0 Å². The highest BCUT2D eigenvalue weighted by Crippen LogP contribution is 2.21. The number of likely N-dealkylation sites (N-methyl/N-ethyl adjacent to an activating group) is 2. The Labute approximate surface area is 148 Å². The second-order valence-electron chi connectivity index (χ2n) is 6.24. The molecule has 1 heterocycles. The minimum atomic E-state index is -0.822. The van der Waals surface area contributed by atoms with Crippen LogP contribution in [0.1, 0.15) is 25.1 Å². The maximum absolute atomic E-state index is 13.6. The number of nitrogens with one attached hydrogen (secondary N) is 1. The van der Waals surface area contributed by atoms with Crippen molar-refractivity contribution in [2.45, 2.75) is 27.3 Å². The van der Waals surface area contributed by atoms with Crippen molar-refractivity contribution in [2.24, 2.45) is 0 Å². The van der Waals surface area contributed by atoms with Crippen LogP contribution in [0.15, 0.2) is 29.1 Å². The predicted octanol–water partition coefficient (Wildman–Crippen LogP) is 2.66. The topological polar surface area (TPSA) is 52.2 Å². The fourth-order valence-corrected chi connectivity index (χ4v) is 2.81. The van der Waals surface area contributed by atoms with Gasteiger partial charge in [0.15, 0.2) is 0 Å². The Kier molecular flexibility index (Phi) is 6.84. The zero-order chi connectivity index (χ0) is 18.4. The number of aromatic nitrogens is 2. The Morgan fingerprint density at radius 3 is 2.48 bits per heavy atom. The Morgan fingerprint density at radius 1 is 1.16 bits per heavy atom. The quantitative estimate of drug-likeness (QED) is 0.798. The average molecular weight is 346 g/mol. The van der Waals surface area contributed by atoms with Crippen LogP contribution in [0.2, 0.25) is 0 Å². The van der Waals surface area contributed by atoms with Gasteiger partial charge in [0.05, 0.1) is 5.69 Å². The first-order valence-corrected chi connectivity index (χ1v) is 8.71. The highest BCUT2D eigenvalue weighted by Gasteiger charge is 2.13. The van der Waals surface area contributed by atoms with E-state index in [1.54, 1.807) is 0 Å². The maximum atomic E-state index is 13.6. The smallest absolute Gasteiger partial charge is 0.287 e. The Hall–Kier alpha value is -2.05. The zero-order valence-electron chi connectivity index (χ0n) is 15.5. The molecule has 0 aliphatic rings. The summed E-state index contributed by atoms with van der Waals surface area (Å²) < 4.78 is 13.6. The van der Waals surface area contributed by atoms with Gasteiger partial charge < -0.3 is 14.8 Å². The number of halogens is 1. The molecule has 0 aliphatic heterocycles. The number of aryl methyl sites for hydroxylation is 1. The van der Waals surface area contributed by atoms with Crippen LogP contribution < -0.4 is 5.56 Å². The molecule has 0 saturated heterocycles. The van der Waals surface area contributed by atoms with Crippen molar-refractivity contribution in [1.29, 1.82) is 0 Å². The molecule has 0 atom stereocenters. The summed E-state index contributed by atoms with van der Waals surface area (Å²) in [5, 5.41) is 0. The van der Waals surface area contributed by atoms with E-state index >= 15 is 0 Å². The van der Waals surface area contributed by atoms with Gasteiger partial charge in [-0.2, -0.15) is 4.39 Å². The average Bonchev–Trinajstić information content (AvgIpc) is 2.60. The van der Waals surface area contributed by atoms with Crippen molar-refractivity contribution in [3.05, 3.63) is 51.7 Å². The minimum absolute atomic E-state index is 0.114. The second kappa shape index (κ2) is 8.87. The molecule has 0 fully saturated rings. The van der Waals surface area contributed by atoms with Gasteiger partial charge in [-0.3, -0.25) is 4.79 Å². The molecule has 0 spiro atoms. The molecule has 2 aromatic rings. The predicted molar refractivity (Wildman–Crippen MR) is 99.1 cm³/mol. The fourth-order valence-electron chi connectivity index (χ4n) is 2.81. The van der Waals surface area contributed by atoms with Crippen molar-refractivity contribution in [1.82, 2.24) is 19.8 Å². The van der Waals surface area contributed by atoms with Crippen molar-refractivity contribution in [2.75, 3.05) is 33.2 Å². The largest absolute Gasteiger partial charge is 0.304 e. The number of hydrogen-bond donors (Lipinski definition) is 1. The van der Waals surface area contributed by atoms with Crippen LogP contribution >= 0.6 is 0 Å². The summed E-state index contributed by atoms with van der Waals surface area (Å²) in [6, 6.07) is 7.78. The van der Waals surface area contributed by atoms with Gasteiger partial charge in [0, 0.05) is 25.2 Å². The third-order valence-electron chi connectivity index (χ3n) is 4.43. The summed E-state index contributed by atoms with van der Waals surface area (Å²) in [6.07, 6.45) is 0. The van der Waals surface area contributed by atoms with Gasteiger partial charge in [0.2, 0.25) is 5.82 Å². The molecule has 0 aliphatic carbocycles. The van der Waals surface area contributed by atoms with Crippen molar-refractivity contribution in [3.8, 4) is 11.4 Å². The monoisotopic (exact) mass is 346 g/mol. The van der Waals surface area contributed by atoms with Crippen LogP contribution in [0, 0.1) is 12.7 Å². The highest BCUT2D eigenvalue weighted by atomic mass is 19.1. The Balaban J connectivity index is 2.20. The molecule has 1 aromatic heterocycles. The lowest BCUT2D eigenvalue weighted by molar-refractivity contribution is 0.237. The molecule has 5 nitrogen and oxygen atoms in total. The van der Waals surface area contributed by atoms with Crippen LogP contribution in [0.25, 0.3) is 11.4 Å². The number of nitrogens with zero attached hydrogens (tertiary/aromatic N) is 3. The van der Waals surface area contributed by atoms with Gasteiger partial charge in [0.1, 0.15) is 5.82 Å². The molecule has 0 radical (unpaired) electrons. The van der Waals surface area contributed by atoms with Crippen LogP contribution in [0.5, 0.6) is 0 Å². The van der Waals surface area contributed by atoms with E-state index in [2.05, 4.69) is 40.7 Å². The van der Waals surface area contributed by atoms with Gasteiger partial charge >= 0.3 is 0 Å². The number of hydrogen-bond acceptors (Lipinski definition) is 4. The van der Waals surface area contributed by atoms with E-state index in [-0.39, 0.29) is 5.69 Å². The van der Waals surface area contributed by atoms with E-state index in [0.717, 1.165) is 43.9 Å². The zero-order valence-corrected chi connectivity index (χ0v) is 15.5. The number of H-pyrrole nitrogens is 1. The Morgan fingerprint density at radius 2 is 1.84 bits per heavy atom. The lowest BCUT2D eigenvalue weighted by Crippen LogP contribution is -2.33. The highest BCUT2D eigenvalue weighted by molar-refractivity contribution is 5.60. The normalized spacial score (nSPS) is 11.5. The molecule has 6 heteroatoms. The van der Waals surface area contributed by atoms with Crippen molar-refractivity contribution >= 4 is 0 Å². The molecular weight excluding hydrogens is 319 g/mol. The SMILES string of the molecule is CCN(CC)CCN(C)Cc1ccccc1-c1nc(C)c(F)c(=O)[nH]1. The molecule has 2 rings (SSSR count). The molecule has 1 aromatic carbocycles. The minimum Gasteiger partial charge on any atom is -0.304 e. The number of rotatable bonds is 8. The van der Waals surface area contributed by atoms with E-state index in [9.17, 15) is 9.18 Å². The molecular formula is C19H27FN4O. The summed E-state index contributed by atoms with van der Waals surface area (Å²) >= 11 is 0. The lowest BCUT2D eigenvalue weighted by Gasteiger charge is -2.23. The maximum Gasteiger partial charge on any atom is 0.287 e. The van der Waals surface area contributed by atoms with Crippen LogP contribution in [-0.2, 0) is 6.54 Å². The third kappa shape index (κ3) is 4.96. The number of benzene rings is 1. The van der Waals surface area contributed by atoms with Gasteiger partial charge in [0.25, 0.3) is 5.56 Å². The standard InChI is InChI=1S/C19H27FN4O/c1-5-24(6-2)12-11-23(4)13-15-9-7-8-10-16(15)18-21-14(3)17(20)19(25)22-18/h7-10H,5-6,11-13H2,1-4H3,(H,21,22,25). The first-order chi connectivity index (χ1) is 12.0. The van der Waals surface area contributed by atoms with Crippen LogP contribution in [0.3, 0.4) is 0 Å². The molecule has 0 bridgehead atoms. The van der Waals surface area contributed by atoms with Crippen molar-refractivity contribution < 1.29 is 4.39 Å². The van der Waals surface area contributed by atoms with E-state index in [0.29, 0.717) is 5.82 Å². The van der Waals surface area contributed by atoms with E-state index in [1.165, 1.54) is 6.92 Å². The summed E-state index contributed by atoms with van der Waals surface area (Å²) in [7, 11) is 2.08. The Bertz CT molecular complexity index is 755. The van der Waals surface area contributed by atoms with Crippen LogP contribution in [0.4, 0.5) is 4.39 Å². The third-order valence-corrected chi connectivity index (χ3v) is 4.43. The van der Waals surface area contributed by atoms with Gasteiger partial charge in [-0.05, 0) is 32.6 Å². The molecule has 0 saturated carbocycles. The van der Waals surface area contributed by atoms with Gasteiger partial charge in [-0.25, -0.2) is 4.98 Å². The molecule has 0 amide bonds. The molecule has 25 heavy (non-hydrogen) atoms. The lowest BCUT2D eigenvalue weighted by atomic mass is 10.1. The first-order valence-electron chi connectivity index (χ1n) is 8.71. The first kappa shape index (κ1) is 19.3. The number of aromatic amines is 1. The molecule has 1 N–H and O–H groups in total. The molecule has 136 valence electrons. The van der Waals surface area contributed by atoms with E-state index in [4.69, 9.17) is 0 Å². The fraction of sp³-hybridized carbons (Fsp3) is 0.474. The van der Waals surface area contributed by atoms with Gasteiger partial charge in [-0.1, -0.05) is 38.1 Å². The van der Waals surface area contributed by atoms with Crippen molar-refractivity contribution in [3.63, 3.8) is 0 Å². The summed E-state index contributed by atoms with van der Waals surface area (Å²) in [6.45, 7) is 10.6. The summed E-state index contributed by atoms with van der Waals surface area (Å²) in [5.74, 6) is -0.408. The summed E-state index contributed by atoms with van der Waals surface area (Å²) in [4.78, 5) is 23.1. The second-order valence-corrected chi connectivity index (χ2v) is 6.24. The van der Waals surface area contributed by atoms with E-state index in [1.807, 2.05) is 24.3 Å². The summed E-state index contributed by atoms with van der Waals surface area (Å²) in [5.41, 5.74) is 1.27. The molecule has 0 unspecified atom stereocenters. The van der Waals surface area contributed by atoms with E-state index < -0.39 is 11.4 Å². The van der Waals surface area contributed by atoms with Crippen LogP contribution in [-0.4, -0.2) is 53.0 Å².